The molecule has 0 saturated carbocycles. The van der Waals surface area contributed by atoms with Gasteiger partial charge >= 0.3 is 0 Å². The van der Waals surface area contributed by atoms with Gasteiger partial charge in [-0.3, -0.25) is 9.69 Å². The number of likely N-dealkylation sites (tertiary alicyclic amines) is 1. The van der Waals surface area contributed by atoms with Crippen LogP contribution in [-0.2, 0) is 14.3 Å². The van der Waals surface area contributed by atoms with Crippen molar-refractivity contribution in [2.45, 2.75) is 38.9 Å². The van der Waals surface area contributed by atoms with Crippen LogP contribution in [0.25, 0.3) is 0 Å². The van der Waals surface area contributed by atoms with E-state index in [0.29, 0.717) is 32.2 Å². The number of nitrogens with zero attached hydrogens (tertiary/aromatic N) is 3. The molecule has 6 heteroatoms. The molecule has 138 valence electrons. The molecule has 0 N–H and O–H groups in total. The SMILES string of the molecule is CCN(CC)CCN1CC[C@H]2C[C@H](C(=O)N3CCOCC3)O[C@H]2C1. The first-order chi connectivity index (χ1) is 11.7. The third kappa shape index (κ3) is 4.28. The lowest BCUT2D eigenvalue weighted by Crippen LogP contribution is -2.46. The second-order valence-corrected chi connectivity index (χ2v) is 7.21. The quantitative estimate of drug-likeness (QED) is 0.712. The molecule has 0 aromatic heterocycles. The standard InChI is InChI=1S/C18H33N3O3/c1-3-19(4-2)7-8-20-6-5-15-13-16(24-17(15)14-20)18(22)21-9-11-23-12-10-21/h15-17H,3-14H2,1-2H3/t15-,16+,17-/m0/s1. The van der Waals surface area contributed by atoms with Gasteiger partial charge in [-0.15, -0.1) is 0 Å². The monoisotopic (exact) mass is 339 g/mol. The van der Waals surface area contributed by atoms with Crippen LogP contribution in [-0.4, -0.2) is 98.4 Å². The second-order valence-electron chi connectivity index (χ2n) is 7.21. The maximum atomic E-state index is 12.6. The average molecular weight is 339 g/mol. The third-order valence-corrected chi connectivity index (χ3v) is 5.86. The molecule has 3 fully saturated rings. The van der Waals surface area contributed by atoms with E-state index >= 15 is 0 Å². The van der Waals surface area contributed by atoms with E-state index in [-0.39, 0.29) is 18.1 Å². The summed E-state index contributed by atoms with van der Waals surface area (Å²) in [5.74, 6) is 0.743. The van der Waals surface area contributed by atoms with Gasteiger partial charge < -0.3 is 19.3 Å². The number of ether oxygens (including phenoxy) is 2. The zero-order valence-electron chi connectivity index (χ0n) is 15.3. The average Bonchev–Trinajstić information content (AvgIpc) is 3.06. The number of rotatable bonds is 6. The zero-order chi connectivity index (χ0) is 16.9. The fourth-order valence-electron chi connectivity index (χ4n) is 4.17. The van der Waals surface area contributed by atoms with Crippen molar-refractivity contribution < 1.29 is 14.3 Å². The molecule has 6 nitrogen and oxygen atoms in total. The summed E-state index contributed by atoms with van der Waals surface area (Å²) in [6, 6.07) is 0. The maximum Gasteiger partial charge on any atom is 0.251 e. The van der Waals surface area contributed by atoms with Crippen LogP contribution in [0.15, 0.2) is 0 Å². The van der Waals surface area contributed by atoms with E-state index in [1.54, 1.807) is 0 Å². The highest BCUT2D eigenvalue weighted by Crippen LogP contribution is 2.34. The molecule has 24 heavy (non-hydrogen) atoms. The number of piperidine rings is 1. The predicted octanol–water partition coefficient (Wildman–Crippen LogP) is 0.666. The van der Waals surface area contributed by atoms with E-state index in [2.05, 4.69) is 23.6 Å². The largest absolute Gasteiger partial charge is 0.378 e. The molecule has 3 rings (SSSR count). The van der Waals surface area contributed by atoms with Gasteiger partial charge in [0.05, 0.1) is 19.3 Å². The Labute approximate surface area is 146 Å². The Morgan fingerprint density at radius 3 is 2.62 bits per heavy atom. The lowest BCUT2D eigenvalue weighted by molar-refractivity contribution is -0.147. The second kappa shape index (κ2) is 8.61. The lowest BCUT2D eigenvalue weighted by atomic mass is 9.91. The maximum absolute atomic E-state index is 12.6. The smallest absolute Gasteiger partial charge is 0.251 e. The number of hydrogen-bond donors (Lipinski definition) is 0. The van der Waals surface area contributed by atoms with E-state index < -0.39 is 0 Å². The zero-order valence-corrected chi connectivity index (χ0v) is 15.3. The van der Waals surface area contributed by atoms with Crippen molar-refractivity contribution in [3.63, 3.8) is 0 Å². The van der Waals surface area contributed by atoms with E-state index in [1.165, 1.54) is 0 Å². The summed E-state index contributed by atoms with van der Waals surface area (Å²) in [5, 5.41) is 0. The summed E-state index contributed by atoms with van der Waals surface area (Å²) >= 11 is 0. The molecular formula is C18H33N3O3. The van der Waals surface area contributed by atoms with Gasteiger partial charge in [-0.25, -0.2) is 0 Å². The first-order valence-electron chi connectivity index (χ1n) is 9.68. The molecule has 0 spiro atoms. The highest BCUT2D eigenvalue weighted by atomic mass is 16.5. The Bertz CT molecular complexity index is 410. The van der Waals surface area contributed by atoms with Crippen molar-refractivity contribution in [1.82, 2.24) is 14.7 Å². The van der Waals surface area contributed by atoms with Gasteiger partial charge in [0.25, 0.3) is 5.91 Å². The Balaban J connectivity index is 1.46. The van der Waals surface area contributed by atoms with E-state index in [1.807, 2.05) is 4.90 Å². The minimum Gasteiger partial charge on any atom is -0.378 e. The van der Waals surface area contributed by atoms with Gasteiger partial charge in [0, 0.05) is 32.7 Å². The molecular weight excluding hydrogens is 306 g/mol. The number of likely N-dealkylation sites (N-methyl/N-ethyl adjacent to an activating group) is 1. The Morgan fingerprint density at radius 1 is 1.17 bits per heavy atom. The van der Waals surface area contributed by atoms with Crippen LogP contribution in [0.1, 0.15) is 26.7 Å². The van der Waals surface area contributed by atoms with E-state index in [4.69, 9.17) is 9.47 Å². The fourth-order valence-corrected chi connectivity index (χ4v) is 4.17. The summed E-state index contributed by atoms with van der Waals surface area (Å²) in [6.45, 7) is 13.8. The van der Waals surface area contributed by atoms with Gasteiger partial charge in [0.1, 0.15) is 6.10 Å². The Morgan fingerprint density at radius 2 is 1.92 bits per heavy atom. The van der Waals surface area contributed by atoms with Crippen LogP contribution >= 0.6 is 0 Å². The van der Waals surface area contributed by atoms with Gasteiger partial charge in [0.2, 0.25) is 0 Å². The van der Waals surface area contributed by atoms with Crippen molar-refractivity contribution in [3.05, 3.63) is 0 Å². The Hall–Kier alpha value is -0.690. The first-order valence-corrected chi connectivity index (χ1v) is 9.68. The molecule has 0 aliphatic carbocycles. The van der Waals surface area contributed by atoms with Crippen LogP contribution in [0.3, 0.4) is 0 Å². The van der Waals surface area contributed by atoms with E-state index in [9.17, 15) is 4.79 Å². The number of morpholine rings is 1. The van der Waals surface area contributed by atoms with E-state index in [0.717, 1.165) is 52.1 Å². The molecule has 0 unspecified atom stereocenters. The number of carbonyl (C=O) groups is 1. The van der Waals surface area contributed by atoms with Crippen molar-refractivity contribution in [1.29, 1.82) is 0 Å². The predicted molar refractivity (Wildman–Crippen MR) is 93.0 cm³/mol. The highest BCUT2D eigenvalue weighted by Gasteiger charge is 2.43. The first kappa shape index (κ1) is 18.1. The van der Waals surface area contributed by atoms with Gasteiger partial charge in [0.15, 0.2) is 0 Å². The minimum absolute atomic E-state index is 0.183. The summed E-state index contributed by atoms with van der Waals surface area (Å²) in [4.78, 5) is 19.5. The molecule has 3 atom stereocenters. The van der Waals surface area contributed by atoms with Crippen molar-refractivity contribution in [2.24, 2.45) is 5.92 Å². The molecule has 3 aliphatic heterocycles. The number of hydrogen-bond acceptors (Lipinski definition) is 5. The van der Waals surface area contributed by atoms with Crippen LogP contribution in [0.5, 0.6) is 0 Å². The van der Waals surface area contributed by atoms with Crippen LogP contribution in [0, 0.1) is 5.92 Å². The molecule has 0 radical (unpaired) electrons. The molecule has 1 amide bonds. The highest BCUT2D eigenvalue weighted by molar-refractivity contribution is 5.81. The number of carbonyl (C=O) groups excluding carboxylic acids is 1. The van der Waals surface area contributed by atoms with Crippen LogP contribution < -0.4 is 0 Å². The third-order valence-electron chi connectivity index (χ3n) is 5.86. The fraction of sp³-hybridized carbons (Fsp3) is 0.944. The Kier molecular flexibility index (Phi) is 6.49. The molecule has 0 aromatic carbocycles. The molecule has 0 bridgehead atoms. The molecule has 0 aromatic rings. The van der Waals surface area contributed by atoms with Crippen molar-refractivity contribution >= 4 is 5.91 Å². The number of fused-ring (bicyclic) bond motifs is 1. The van der Waals surface area contributed by atoms with Crippen molar-refractivity contribution in [2.75, 3.05) is 65.6 Å². The summed E-state index contributed by atoms with van der Waals surface area (Å²) < 4.78 is 11.5. The normalized spacial score (nSPS) is 31.5. The van der Waals surface area contributed by atoms with Gasteiger partial charge in [-0.1, -0.05) is 13.8 Å². The minimum atomic E-state index is -0.221. The number of amides is 1. The van der Waals surface area contributed by atoms with Gasteiger partial charge in [-0.2, -0.15) is 0 Å². The molecule has 3 heterocycles. The summed E-state index contributed by atoms with van der Waals surface area (Å²) in [7, 11) is 0. The molecule has 3 saturated heterocycles. The summed E-state index contributed by atoms with van der Waals surface area (Å²) in [6.07, 6.45) is 2.09. The topological polar surface area (TPSA) is 45.2 Å². The van der Waals surface area contributed by atoms with Crippen molar-refractivity contribution in [3.8, 4) is 0 Å². The molecule has 3 aliphatic rings. The van der Waals surface area contributed by atoms with Crippen LogP contribution in [0.4, 0.5) is 0 Å². The lowest BCUT2D eigenvalue weighted by Gasteiger charge is -2.35. The van der Waals surface area contributed by atoms with Gasteiger partial charge in [-0.05, 0) is 38.4 Å². The van der Waals surface area contributed by atoms with Crippen LogP contribution in [0.2, 0.25) is 0 Å². The summed E-state index contributed by atoms with van der Waals surface area (Å²) in [5.41, 5.74) is 0.